The number of nitrogens with one attached hydrogen (secondary N) is 1. The van der Waals surface area contributed by atoms with Gasteiger partial charge in [0.05, 0.1) is 0 Å². The molecule has 0 saturated carbocycles. The van der Waals surface area contributed by atoms with Crippen molar-refractivity contribution < 1.29 is 8.42 Å². The zero-order valence-electron chi connectivity index (χ0n) is 6.31. The van der Waals surface area contributed by atoms with Crippen molar-refractivity contribution in [3.8, 4) is 0 Å². The fourth-order valence-corrected chi connectivity index (χ4v) is 2.45. The smallest absolute Gasteiger partial charge is 0.269 e. The minimum atomic E-state index is -3.47. The van der Waals surface area contributed by atoms with E-state index in [1.807, 2.05) is 0 Å². The van der Waals surface area contributed by atoms with Crippen LogP contribution in [0.3, 0.4) is 0 Å². The van der Waals surface area contributed by atoms with Gasteiger partial charge in [0.15, 0.2) is 0 Å². The summed E-state index contributed by atoms with van der Waals surface area (Å²) in [5, 5.41) is 6.94. The number of sulfonamides is 1. The number of rotatable bonds is 3. The molecule has 1 aromatic heterocycles. The monoisotopic (exact) mass is 208 g/mol. The molecule has 8 heteroatoms. The van der Waals surface area contributed by atoms with Crippen molar-refractivity contribution in [1.29, 1.82) is 0 Å². The van der Waals surface area contributed by atoms with Crippen molar-refractivity contribution in [1.82, 2.24) is 14.9 Å². The van der Waals surface area contributed by atoms with Crippen LogP contribution in [0.1, 0.15) is 6.92 Å². The highest BCUT2D eigenvalue weighted by atomic mass is 32.2. The predicted octanol–water partition coefficient (Wildman–Crippen LogP) is -0.582. The minimum Gasteiger partial charge on any atom is -0.374 e. The standard InChI is InChI=1S/C4H8N4O2S2/c1-2-6-12(9,10)4-8-7-3(5)11-4/h6H,2H2,1H3,(H2,5,7). The summed E-state index contributed by atoms with van der Waals surface area (Å²) in [7, 11) is -3.47. The van der Waals surface area contributed by atoms with Crippen molar-refractivity contribution in [2.24, 2.45) is 0 Å². The molecule has 0 unspecified atom stereocenters. The van der Waals surface area contributed by atoms with Crippen LogP contribution >= 0.6 is 11.3 Å². The fourth-order valence-electron chi connectivity index (χ4n) is 0.581. The summed E-state index contributed by atoms with van der Waals surface area (Å²) in [4.78, 5) is 0. The zero-order chi connectivity index (χ0) is 9.19. The number of nitrogens with two attached hydrogens (primary N) is 1. The van der Waals surface area contributed by atoms with Gasteiger partial charge < -0.3 is 5.73 Å². The zero-order valence-corrected chi connectivity index (χ0v) is 7.94. The molecule has 3 N–H and O–H groups in total. The van der Waals surface area contributed by atoms with Crippen LogP contribution in [0.4, 0.5) is 5.13 Å². The Morgan fingerprint density at radius 2 is 2.25 bits per heavy atom. The molecule has 0 aliphatic rings. The maximum absolute atomic E-state index is 11.2. The maximum Gasteiger partial charge on any atom is 0.269 e. The molecule has 0 saturated heterocycles. The van der Waals surface area contributed by atoms with Gasteiger partial charge in [-0.2, -0.15) is 0 Å². The summed E-state index contributed by atoms with van der Waals surface area (Å²) in [6, 6.07) is 0. The number of nitrogen functional groups attached to an aromatic ring is 1. The Morgan fingerprint density at radius 3 is 2.67 bits per heavy atom. The Bertz CT molecular complexity index is 357. The van der Waals surface area contributed by atoms with Gasteiger partial charge in [0, 0.05) is 6.54 Å². The van der Waals surface area contributed by atoms with Gasteiger partial charge in [-0.05, 0) is 0 Å². The number of hydrogen-bond acceptors (Lipinski definition) is 6. The lowest BCUT2D eigenvalue weighted by atomic mass is 10.8. The third-order valence-corrected chi connectivity index (χ3v) is 3.65. The summed E-state index contributed by atoms with van der Waals surface area (Å²) < 4.78 is 24.6. The van der Waals surface area contributed by atoms with E-state index < -0.39 is 10.0 Å². The van der Waals surface area contributed by atoms with Crippen LogP contribution in [0.25, 0.3) is 0 Å². The maximum atomic E-state index is 11.2. The van der Waals surface area contributed by atoms with Crippen LogP contribution in [0, 0.1) is 0 Å². The topological polar surface area (TPSA) is 98.0 Å². The van der Waals surface area contributed by atoms with Crippen LogP contribution in [-0.4, -0.2) is 25.2 Å². The van der Waals surface area contributed by atoms with Crippen LogP contribution in [0.5, 0.6) is 0 Å². The Labute approximate surface area is 73.9 Å². The van der Waals surface area contributed by atoms with E-state index in [0.717, 1.165) is 11.3 Å². The quantitative estimate of drug-likeness (QED) is 0.692. The molecule has 68 valence electrons. The van der Waals surface area contributed by atoms with Crippen molar-refractivity contribution >= 4 is 26.5 Å². The molecule has 0 aromatic carbocycles. The van der Waals surface area contributed by atoms with E-state index >= 15 is 0 Å². The molecule has 0 spiro atoms. The summed E-state index contributed by atoms with van der Waals surface area (Å²) in [6.07, 6.45) is 0. The van der Waals surface area contributed by atoms with Gasteiger partial charge >= 0.3 is 0 Å². The first-order valence-electron chi connectivity index (χ1n) is 3.15. The highest BCUT2D eigenvalue weighted by Gasteiger charge is 2.17. The number of nitrogens with zero attached hydrogens (tertiary/aromatic N) is 2. The first-order chi connectivity index (χ1) is 5.56. The van der Waals surface area contributed by atoms with E-state index in [1.54, 1.807) is 6.92 Å². The highest BCUT2D eigenvalue weighted by molar-refractivity contribution is 7.91. The van der Waals surface area contributed by atoms with Gasteiger partial charge in [0.1, 0.15) is 0 Å². The first kappa shape index (κ1) is 9.36. The molecule has 6 nitrogen and oxygen atoms in total. The average Bonchev–Trinajstić information content (AvgIpc) is 2.36. The van der Waals surface area contributed by atoms with Crippen LogP contribution in [0.2, 0.25) is 0 Å². The number of anilines is 1. The van der Waals surface area contributed by atoms with Crippen molar-refractivity contribution in [2.45, 2.75) is 11.3 Å². The van der Waals surface area contributed by atoms with E-state index in [9.17, 15) is 8.42 Å². The number of aromatic nitrogens is 2. The van der Waals surface area contributed by atoms with Gasteiger partial charge in [-0.25, -0.2) is 13.1 Å². The molecular weight excluding hydrogens is 200 g/mol. The Kier molecular flexibility index (Phi) is 2.60. The van der Waals surface area contributed by atoms with Crippen molar-refractivity contribution in [2.75, 3.05) is 12.3 Å². The van der Waals surface area contributed by atoms with Crippen LogP contribution < -0.4 is 10.5 Å². The average molecular weight is 208 g/mol. The van der Waals surface area contributed by atoms with E-state index in [1.165, 1.54) is 0 Å². The molecule has 1 aromatic rings. The molecule has 0 bridgehead atoms. The van der Waals surface area contributed by atoms with E-state index in [0.29, 0.717) is 6.54 Å². The Hall–Kier alpha value is -0.730. The molecule has 12 heavy (non-hydrogen) atoms. The SMILES string of the molecule is CCNS(=O)(=O)c1nnc(N)s1. The van der Waals surface area contributed by atoms with E-state index in [4.69, 9.17) is 5.73 Å². The van der Waals surface area contributed by atoms with Gasteiger partial charge in [-0.15, -0.1) is 10.2 Å². The van der Waals surface area contributed by atoms with E-state index in [2.05, 4.69) is 14.9 Å². The summed E-state index contributed by atoms with van der Waals surface area (Å²) >= 11 is 0.840. The van der Waals surface area contributed by atoms with Crippen LogP contribution in [0.15, 0.2) is 4.34 Å². The lowest BCUT2D eigenvalue weighted by Crippen LogP contribution is -2.22. The van der Waals surface area contributed by atoms with Gasteiger partial charge in [0.2, 0.25) is 9.47 Å². The lowest BCUT2D eigenvalue weighted by molar-refractivity contribution is 0.582. The van der Waals surface area contributed by atoms with Crippen molar-refractivity contribution in [3.05, 3.63) is 0 Å². The van der Waals surface area contributed by atoms with Gasteiger partial charge in [-0.1, -0.05) is 18.3 Å². The third-order valence-electron chi connectivity index (χ3n) is 0.986. The second kappa shape index (κ2) is 3.33. The molecule has 0 fully saturated rings. The summed E-state index contributed by atoms with van der Waals surface area (Å²) in [6.45, 7) is 2.00. The minimum absolute atomic E-state index is 0.0955. The third kappa shape index (κ3) is 1.90. The van der Waals surface area contributed by atoms with Crippen LogP contribution in [-0.2, 0) is 10.0 Å². The largest absolute Gasteiger partial charge is 0.374 e. The summed E-state index contributed by atoms with van der Waals surface area (Å²) in [5.74, 6) is 0. The molecule has 1 rings (SSSR count). The van der Waals surface area contributed by atoms with Gasteiger partial charge in [-0.3, -0.25) is 0 Å². The predicted molar refractivity (Wildman–Crippen MR) is 45.2 cm³/mol. The van der Waals surface area contributed by atoms with Gasteiger partial charge in [0.25, 0.3) is 10.0 Å². The fraction of sp³-hybridized carbons (Fsp3) is 0.500. The molecule has 0 aliphatic carbocycles. The highest BCUT2D eigenvalue weighted by Crippen LogP contribution is 2.15. The Balaban J connectivity index is 2.98. The summed E-state index contributed by atoms with van der Waals surface area (Å²) in [5.41, 5.74) is 5.22. The van der Waals surface area contributed by atoms with E-state index in [-0.39, 0.29) is 9.47 Å². The normalized spacial score (nSPS) is 11.8. The molecule has 0 radical (unpaired) electrons. The number of hydrogen-bond donors (Lipinski definition) is 2. The van der Waals surface area contributed by atoms with Crippen molar-refractivity contribution in [3.63, 3.8) is 0 Å². The molecule has 0 amide bonds. The molecule has 0 atom stereocenters. The first-order valence-corrected chi connectivity index (χ1v) is 5.45. The second-order valence-corrected chi connectivity index (χ2v) is 4.86. The second-order valence-electron chi connectivity index (χ2n) is 1.91. The molecular formula is C4H8N4O2S2. The lowest BCUT2D eigenvalue weighted by Gasteiger charge is -1.96. The Morgan fingerprint density at radius 1 is 1.58 bits per heavy atom. The molecule has 0 aliphatic heterocycles. The molecule has 1 heterocycles.